The number of benzene rings is 3. The zero-order chi connectivity index (χ0) is 30.1. The molecular formula is C31H32N8O4. The van der Waals surface area contributed by atoms with Crippen LogP contribution in [0.25, 0.3) is 20.9 Å². The van der Waals surface area contributed by atoms with Crippen molar-refractivity contribution in [1.82, 2.24) is 5.32 Å². The molecule has 2 aliphatic rings. The minimum atomic E-state index is -1.48. The fourth-order valence-corrected chi connectivity index (χ4v) is 5.11. The van der Waals surface area contributed by atoms with Gasteiger partial charge in [0.2, 0.25) is 5.90 Å². The van der Waals surface area contributed by atoms with Crippen LogP contribution in [0.5, 0.6) is 5.75 Å². The van der Waals surface area contributed by atoms with E-state index in [9.17, 15) is 10.3 Å². The summed E-state index contributed by atoms with van der Waals surface area (Å²) in [5, 5.41) is 19.8. The van der Waals surface area contributed by atoms with Crippen molar-refractivity contribution in [1.29, 1.82) is 0 Å². The third-order valence-corrected chi connectivity index (χ3v) is 7.52. The molecule has 1 amide bonds. The van der Waals surface area contributed by atoms with Crippen LogP contribution in [0.3, 0.4) is 0 Å². The van der Waals surface area contributed by atoms with E-state index in [2.05, 4.69) is 25.4 Å². The summed E-state index contributed by atoms with van der Waals surface area (Å²) >= 11 is 0. The van der Waals surface area contributed by atoms with Gasteiger partial charge >= 0.3 is 0 Å². The Bertz CT molecular complexity index is 1580. The number of amides is 1. The first-order chi connectivity index (χ1) is 21.1. The molecule has 3 aromatic rings. The molecule has 0 radical (unpaired) electrons. The van der Waals surface area contributed by atoms with Crippen LogP contribution in [0, 0.1) is 5.92 Å². The summed E-state index contributed by atoms with van der Waals surface area (Å²) in [5.41, 5.74) is 19.8. The number of hydrogen-bond acceptors (Lipinski definition) is 7. The summed E-state index contributed by atoms with van der Waals surface area (Å²) in [4.78, 5) is 25.3. The lowest BCUT2D eigenvalue weighted by Crippen LogP contribution is -2.50. The van der Waals surface area contributed by atoms with Gasteiger partial charge in [0.05, 0.1) is 13.2 Å². The van der Waals surface area contributed by atoms with Gasteiger partial charge in [-0.3, -0.25) is 4.79 Å². The minimum Gasteiger partial charge on any atom is -0.494 e. The SMILES string of the molecule is [N-]=[N+]=NCc1ccccc1[C@H]1OC(c2ccc(OCCCO)cc2)=N[C@@]1(Cc1ccccc1N=[N+]=[N-])C(=O)NCC1CC1. The third kappa shape index (κ3) is 6.90. The number of aliphatic hydroxyl groups is 1. The molecule has 12 nitrogen and oxygen atoms in total. The first-order valence-corrected chi connectivity index (χ1v) is 14.2. The van der Waals surface area contributed by atoms with E-state index in [1.54, 1.807) is 24.3 Å². The van der Waals surface area contributed by atoms with Crippen LogP contribution in [0.1, 0.15) is 47.6 Å². The van der Waals surface area contributed by atoms with Gasteiger partial charge in [0.25, 0.3) is 5.91 Å². The van der Waals surface area contributed by atoms with Crippen molar-refractivity contribution in [2.24, 2.45) is 21.1 Å². The Morgan fingerprint density at radius 2 is 1.79 bits per heavy atom. The van der Waals surface area contributed by atoms with Crippen LogP contribution < -0.4 is 10.1 Å². The molecule has 0 aromatic heterocycles. The Morgan fingerprint density at radius 3 is 2.51 bits per heavy atom. The van der Waals surface area contributed by atoms with E-state index in [4.69, 9.17) is 25.1 Å². The quantitative estimate of drug-likeness (QED) is 0.0994. The van der Waals surface area contributed by atoms with Gasteiger partial charge in [0.15, 0.2) is 11.6 Å². The fraction of sp³-hybridized carbons (Fsp3) is 0.355. The van der Waals surface area contributed by atoms with Gasteiger partial charge in [-0.15, -0.1) is 0 Å². The Hall–Kier alpha value is -5.02. The molecule has 2 N–H and O–H groups in total. The van der Waals surface area contributed by atoms with Crippen molar-refractivity contribution in [3.63, 3.8) is 0 Å². The molecule has 0 unspecified atom stereocenters. The summed E-state index contributed by atoms with van der Waals surface area (Å²) in [7, 11) is 0. The highest BCUT2D eigenvalue weighted by molar-refractivity contribution is 6.01. The predicted octanol–water partition coefficient (Wildman–Crippen LogP) is 6.23. The maximum Gasteiger partial charge on any atom is 0.252 e. The van der Waals surface area contributed by atoms with Crippen molar-refractivity contribution in [2.75, 3.05) is 19.8 Å². The Balaban J connectivity index is 1.62. The van der Waals surface area contributed by atoms with Crippen LogP contribution in [0.2, 0.25) is 0 Å². The number of carbonyl (C=O) groups excluding carboxylic acids is 1. The first-order valence-electron chi connectivity index (χ1n) is 14.2. The van der Waals surface area contributed by atoms with Crippen molar-refractivity contribution < 1.29 is 19.4 Å². The molecule has 1 saturated carbocycles. The van der Waals surface area contributed by atoms with Crippen molar-refractivity contribution in [3.05, 3.63) is 116 Å². The maximum atomic E-state index is 14.3. The zero-order valence-electron chi connectivity index (χ0n) is 23.5. The molecule has 1 aliphatic carbocycles. The highest BCUT2D eigenvalue weighted by Gasteiger charge is 2.54. The van der Waals surface area contributed by atoms with E-state index in [0.29, 0.717) is 59.2 Å². The van der Waals surface area contributed by atoms with Crippen LogP contribution >= 0.6 is 0 Å². The van der Waals surface area contributed by atoms with Crippen LogP contribution in [-0.4, -0.2) is 42.2 Å². The second kappa shape index (κ2) is 13.8. The lowest BCUT2D eigenvalue weighted by molar-refractivity contribution is -0.129. The first kappa shape index (κ1) is 29.5. The Kier molecular flexibility index (Phi) is 9.43. The van der Waals surface area contributed by atoms with Gasteiger partial charge in [-0.05, 0) is 70.8 Å². The average Bonchev–Trinajstić information content (AvgIpc) is 3.79. The molecule has 1 fully saturated rings. The molecule has 5 rings (SSSR count). The standard InChI is InChI=1S/C31H32N8O4/c32-38-35-20-24-7-1-3-8-26(24)28-31(30(41)34-19-21-10-11-21,18-23-6-2-4-9-27(23)37-39-33)36-29(43-28)22-12-14-25(15-13-22)42-17-5-16-40/h1-4,6-9,12-15,21,28,40H,5,10-11,16-20H2,(H,34,41)/t28-,31-/m1/s1. The monoisotopic (exact) mass is 580 g/mol. The predicted molar refractivity (Wildman–Crippen MR) is 161 cm³/mol. The molecule has 0 spiro atoms. The van der Waals surface area contributed by atoms with Gasteiger partial charge < -0.3 is 19.9 Å². The fourth-order valence-electron chi connectivity index (χ4n) is 5.11. The zero-order valence-corrected chi connectivity index (χ0v) is 23.5. The van der Waals surface area contributed by atoms with Crippen molar-refractivity contribution in [3.8, 4) is 5.75 Å². The molecule has 2 atom stereocenters. The summed E-state index contributed by atoms with van der Waals surface area (Å²) in [6, 6.07) is 21.7. The van der Waals surface area contributed by atoms with Crippen molar-refractivity contribution >= 4 is 17.5 Å². The molecule has 43 heavy (non-hydrogen) atoms. The lowest BCUT2D eigenvalue weighted by atomic mass is 9.80. The van der Waals surface area contributed by atoms with Gasteiger partial charge in [-0.2, -0.15) is 0 Å². The van der Waals surface area contributed by atoms with E-state index >= 15 is 0 Å². The van der Waals surface area contributed by atoms with Gasteiger partial charge in [0, 0.05) is 47.1 Å². The number of aliphatic imine (C=N–C) groups is 1. The second-order valence-electron chi connectivity index (χ2n) is 10.5. The van der Waals surface area contributed by atoms with E-state index in [1.807, 2.05) is 48.5 Å². The van der Waals surface area contributed by atoms with E-state index in [0.717, 1.165) is 12.8 Å². The highest BCUT2D eigenvalue weighted by atomic mass is 16.5. The molecule has 1 heterocycles. The van der Waals surface area contributed by atoms with Crippen LogP contribution in [0.4, 0.5) is 5.69 Å². The number of nitrogens with zero attached hydrogens (tertiary/aromatic N) is 7. The molecule has 12 heteroatoms. The smallest absolute Gasteiger partial charge is 0.252 e. The molecule has 220 valence electrons. The minimum absolute atomic E-state index is 0.0406. The number of rotatable bonds is 14. The molecule has 1 aliphatic heterocycles. The van der Waals surface area contributed by atoms with Gasteiger partial charge in [-0.25, -0.2) is 4.99 Å². The topological polar surface area (TPSA) is 178 Å². The Morgan fingerprint density at radius 1 is 1.05 bits per heavy atom. The summed E-state index contributed by atoms with van der Waals surface area (Å²) in [6.07, 6.45) is 1.84. The number of ether oxygens (including phenoxy) is 2. The summed E-state index contributed by atoms with van der Waals surface area (Å²) in [5.74, 6) is 1.02. The van der Waals surface area contributed by atoms with Crippen LogP contribution in [-0.2, 0) is 22.5 Å². The maximum absolute atomic E-state index is 14.3. The number of aliphatic hydroxyl groups excluding tert-OH is 1. The molecule has 3 aromatic carbocycles. The molecule has 0 saturated heterocycles. The van der Waals surface area contributed by atoms with E-state index < -0.39 is 11.6 Å². The second-order valence-corrected chi connectivity index (χ2v) is 10.5. The highest BCUT2D eigenvalue weighted by Crippen LogP contribution is 2.45. The number of azide groups is 2. The van der Waals surface area contributed by atoms with Crippen LogP contribution in [0.15, 0.2) is 88.0 Å². The Labute approximate surface area is 248 Å². The van der Waals surface area contributed by atoms with E-state index in [1.165, 1.54) is 0 Å². The molecular weight excluding hydrogens is 548 g/mol. The summed E-state index contributed by atoms with van der Waals surface area (Å²) < 4.78 is 12.3. The number of nitrogens with one attached hydrogen (secondary N) is 1. The van der Waals surface area contributed by atoms with Gasteiger partial charge in [-0.1, -0.05) is 58.8 Å². The lowest BCUT2D eigenvalue weighted by Gasteiger charge is -2.32. The van der Waals surface area contributed by atoms with Gasteiger partial charge in [0.1, 0.15) is 5.75 Å². The number of hydrogen-bond donors (Lipinski definition) is 2. The average molecular weight is 581 g/mol. The molecule has 0 bridgehead atoms. The normalized spacial score (nSPS) is 18.9. The number of carbonyl (C=O) groups is 1. The van der Waals surface area contributed by atoms with E-state index in [-0.39, 0.29) is 31.4 Å². The third-order valence-electron chi connectivity index (χ3n) is 7.52. The van der Waals surface area contributed by atoms with Crippen molar-refractivity contribution in [2.45, 2.75) is 43.9 Å². The summed E-state index contributed by atoms with van der Waals surface area (Å²) in [6.45, 7) is 1.01. The largest absolute Gasteiger partial charge is 0.494 e.